The highest BCUT2D eigenvalue weighted by Crippen LogP contribution is 2.45. The van der Waals surface area contributed by atoms with E-state index in [4.69, 9.17) is 11.6 Å². The molecule has 0 atom stereocenters. The highest BCUT2D eigenvalue weighted by Gasteiger charge is 2.34. The van der Waals surface area contributed by atoms with E-state index in [0.29, 0.717) is 19.5 Å². The van der Waals surface area contributed by atoms with Crippen LogP contribution in [0.3, 0.4) is 0 Å². The first-order valence-corrected chi connectivity index (χ1v) is 13.9. The molecule has 0 radical (unpaired) electrons. The Morgan fingerprint density at radius 2 is 1.93 bits per heavy atom. The minimum Gasteiger partial charge on any atom is -0.360 e. The lowest BCUT2D eigenvalue weighted by Crippen LogP contribution is -2.40. The fraction of sp³-hybridized carbons (Fsp3) is 0.455. The summed E-state index contributed by atoms with van der Waals surface area (Å²) in [6.45, 7) is 3.06. The third-order valence-corrected chi connectivity index (χ3v) is 9.42. The lowest BCUT2D eigenvalue weighted by molar-refractivity contribution is 0.310. The van der Waals surface area contributed by atoms with E-state index >= 15 is 0 Å². The van der Waals surface area contributed by atoms with E-state index in [-0.39, 0.29) is 11.7 Å². The Morgan fingerprint density at radius 1 is 1.20 bits per heavy atom. The average Bonchev–Trinajstić information content (AvgIpc) is 2.85. The van der Waals surface area contributed by atoms with E-state index in [1.165, 1.54) is 22.3 Å². The first-order valence-electron chi connectivity index (χ1n) is 10.3. The summed E-state index contributed by atoms with van der Waals surface area (Å²) in [5.41, 5.74) is 6.17. The van der Waals surface area contributed by atoms with E-state index in [9.17, 15) is 8.42 Å². The van der Waals surface area contributed by atoms with Gasteiger partial charge in [0, 0.05) is 39.0 Å². The number of dihydropyridines is 1. The highest BCUT2D eigenvalue weighted by atomic mass is 79.9. The van der Waals surface area contributed by atoms with Crippen molar-refractivity contribution >= 4 is 59.1 Å². The van der Waals surface area contributed by atoms with Gasteiger partial charge >= 0.3 is 0 Å². The summed E-state index contributed by atoms with van der Waals surface area (Å²) in [7, 11) is -3.15. The molecule has 0 spiro atoms. The number of aryl methyl sites for hydroxylation is 1. The summed E-state index contributed by atoms with van der Waals surface area (Å²) in [5, 5.41) is 4.25. The van der Waals surface area contributed by atoms with Crippen molar-refractivity contribution in [3.8, 4) is 0 Å². The molecule has 1 fully saturated rings. The predicted octanol–water partition coefficient (Wildman–Crippen LogP) is 5.98. The van der Waals surface area contributed by atoms with Crippen LogP contribution < -0.4 is 5.32 Å². The Hall–Kier alpha value is -0.600. The Labute approximate surface area is 200 Å². The largest absolute Gasteiger partial charge is 0.360 e. The van der Waals surface area contributed by atoms with Gasteiger partial charge in [0.1, 0.15) is 0 Å². The molecule has 8 heteroatoms. The van der Waals surface area contributed by atoms with Gasteiger partial charge in [-0.3, -0.25) is 0 Å². The van der Waals surface area contributed by atoms with Crippen molar-refractivity contribution in [1.82, 2.24) is 9.62 Å². The summed E-state index contributed by atoms with van der Waals surface area (Å²) < 4.78 is 28.8. The van der Waals surface area contributed by atoms with Crippen molar-refractivity contribution in [3.63, 3.8) is 0 Å². The Morgan fingerprint density at radius 3 is 2.63 bits per heavy atom. The van der Waals surface area contributed by atoms with Gasteiger partial charge in [0.05, 0.1) is 5.75 Å². The fourth-order valence-electron chi connectivity index (χ4n) is 4.70. The molecular weight excluding hydrogens is 552 g/mol. The number of nitrogens with one attached hydrogen (secondary N) is 1. The minimum absolute atomic E-state index is 0.228. The Kier molecular flexibility index (Phi) is 6.85. The number of hydrogen-bond acceptors (Lipinski definition) is 3. The van der Waals surface area contributed by atoms with Crippen molar-refractivity contribution in [1.29, 1.82) is 0 Å². The van der Waals surface area contributed by atoms with E-state index < -0.39 is 10.0 Å². The zero-order valence-corrected chi connectivity index (χ0v) is 21.6. The van der Waals surface area contributed by atoms with E-state index in [1.807, 2.05) is 19.2 Å². The van der Waals surface area contributed by atoms with Crippen LogP contribution in [-0.2, 0) is 16.4 Å². The number of hydrogen-bond donors (Lipinski definition) is 1. The minimum atomic E-state index is -3.15. The standard InChI is InChI=1S/C22H25Br2ClN2O2S/c1-2-9-30(28,29)27-7-5-14(6-8-27)21-20-15(11-18(25)12-19(20)24)3-4-16-10-17(23)13-26-22(16)21/h10-14,26H,2-9H2,1H3. The molecule has 1 aromatic rings. The van der Waals surface area contributed by atoms with E-state index in [2.05, 4.69) is 49.3 Å². The van der Waals surface area contributed by atoms with Crippen molar-refractivity contribution in [2.45, 2.75) is 39.0 Å². The van der Waals surface area contributed by atoms with Crippen LogP contribution in [0.5, 0.6) is 0 Å². The third-order valence-electron chi connectivity index (χ3n) is 6.04. The normalized spacial score (nSPS) is 20.7. The van der Waals surface area contributed by atoms with Gasteiger partial charge in [0.25, 0.3) is 0 Å². The number of allylic oxidation sites excluding steroid dienone is 4. The molecule has 0 bridgehead atoms. The van der Waals surface area contributed by atoms with E-state index in [1.54, 1.807) is 4.31 Å². The fourth-order valence-corrected chi connectivity index (χ4v) is 7.72. The topological polar surface area (TPSA) is 49.4 Å². The molecule has 1 aliphatic carbocycles. The number of halogens is 3. The lowest BCUT2D eigenvalue weighted by Gasteiger charge is -2.34. The number of rotatable bonds is 4. The van der Waals surface area contributed by atoms with Crippen LogP contribution in [0.2, 0.25) is 5.02 Å². The first kappa shape index (κ1) is 22.6. The third kappa shape index (κ3) is 4.46. The van der Waals surface area contributed by atoms with Crippen LogP contribution in [0.25, 0.3) is 5.57 Å². The Balaban J connectivity index is 1.74. The molecule has 4 nitrogen and oxygen atoms in total. The average molecular weight is 577 g/mol. The van der Waals surface area contributed by atoms with Crippen molar-refractivity contribution in [2.75, 3.05) is 18.8 Å². The van der Waals surface area contributed by atoms with Crippen LogP contribution in [-0.4, -0.2) is 31.6 Å². The second kappa shape index (κ2) is 9.10. The quantitative estimate of drug-likeness (QED) is 0.480. The summed E-state index contributed by atoms with van der Waals surface area (Å²) >= 11 is 13.7. The molecule has 2 aliphatic heterocycles. The van der Waals surface area contributed by atoms with Crippen molar-refractivity contribution in [3.05, 3.63) is 60.8 Å². The van der Waals surface area contributed by atoms with Crippen LogP contribution in [0.4, 0.5) is 0 Å². The van der Waals surface area contributed by atoms with Gasteiger partial charge in [-0.15, -0.1) is 0 Å². The summed E-state index contributed by atoms with van der Waals surface area (Å²) in [6, 6.07) is 4.04. The molecule has 1 saturated heterocycles. The van der Waals surface area contributed by atoms with Gasteiger partial charge in [-0.1, -0.05) is 34.5 Å². The van der Waals surface area contributed by atoms with Gasteiger partial charge in [0.2, 0.25) is 10.0 Å². The molecule has 1 aromatic carbocycles. The SMILES string of the molecule is CCCS(=O)(=O)N1CCC(C2=C3NC=C(Br)C=C3CCc3cc(Cl)cc(Br)c32)CC1. The smallest absolute Gasteiger partial charge is 0.214 e. The molecule has 30 heavy (non-hydrogen) atoms. The zero-order valence-electron chi connectivity index (χ0n) is 16.8. The zero-order chi connectivity index (χ0) is 21.5. The van der Waals surface area contributed by atoms with Crippen LogP contribution in [0.1, 0.15) is 43.7 Å². The van der Waals surface area contributed by atoms with Crippen molar-refractivity contribution < 1.29 is 8.42 Å². The van der Waals surface area contributed by atoms with E-state index in [0.717, 1.165) is 45.4 Å². The second-order valence-corrected chi connectivity index (χ2v) is 12.3. The number of nitrogens with zero attached hydrogens (tertiary/aromatic N) is 1. The summed E-state index contributed by atoms with van der Waals surface area (Å²) in [5.74, 6) is 0.509. The van der Waals surface area contributed by atoms with Gasteiger partial charge in [-0.05, 0) is 94.4 Å². The van der Waals surface area contributed by atoms with Crippen LogP contribution in [0.15, 0.2) is 44.6 Å². The number of benzene rings is 1. The molecule has 4 rings (SSSR count). The first-order chi connectivity index (χ1) is 14.3. The Bertz CT molecular complexity index is 1060. The van der Waals surface area contributed by atoms with Gasteiger partial charge in [-0.2, -0.15) is 0 Å². The highest BCUT2D eigenvalue weighted by molar-refractivity contribution is 9.12. The molecular formula is C22H25Br2ClN2O2S. The molecule has 0 aromatic heterocycles. The van der Waals surface area contributed by atoms with Crippen molar-refractivity contribution in [2.24, 2.45) is 5.92 Å². The maximum atomic E-state index is 12.5. The number of fused-ring (bicyclic) bond motifs is 2. The predicted molar refractivity (Wildman–Crippen MR) is 131 cm³/mol. The molecule has 0 saturated carbocycles. The molecule has 162 valence electrons. The summed E-state index contributed by atoms with van der Waals surface area (Å²) in [4.78, 5) is 0. The van der Waals surface area contributed by atoms with Gasteiger partial charge in [0.15, 0.2) is 0 Å². The lowest BCUT2D eigenvalue weighted by atomic mass is 9.82. The monoisotopic (exact) mass is 574 g/mol. The molecule has 2 heterocycles. The molecule has 1 N–H and O–H groups in total. The molecule has 3 aliphatic rings. The molecule has 0 unspecified atom stereocenters. The molecule has 0 amide bonds. The maximum Gasteiger partial charge on any atom is 0.214 e. The maximum absolute atomic E-state index is 12.5. The van der Waals surface area contributed by atoms with Gasteiger partial charge in [-0.25, -0.2) is 12.7 Å². The van der Waals surface area contributed by atoms with Crippen LogP contribution in [0, 0.1) is 5.92 Å². The van der Waals surface area contributed by atoms with Crippen LogP contribution >= 0.6 is 43.5 Å². The number of sulfonamides is 1. The second-order valence-electron chi connectivity index (χ2n) is 8.04. The van der Waals surface area contributed by atoms with Gasteiger partial charge < -0.3 is 5.32 Å². The number of piperidine rings is 1. The summed E-state index contributed by atoms with van der Waals surface area (Å²) in [6.07, 6.45) is 8.30.